The van der Waals surface area contributed by atoms with Crippen molar-refractivity contribution in [3.63, 3.8) is 0 Å². The molecule has 0 aliphatic carbocycles. The van der Waals surface area contributed by atoms with Crippen LogP contribution in [0.1, 0.15) is 10.4 Å². The van der Waals surface area contributed by atoms with E-state index in [4.69, 9.17) is 13.9 Å². The highest BCUT2D eigenvalue weighted by atomic mass is 79.9. The number of ether oxygens (including phenoxy) is 2. The van der Waals surface area contributed by atoms with Gasteiger partial charge in [-0.2, -0.15) is 0 Å². The van der Waals surface area contributed by atoms with E-state index in [1.165, 1.54) is 0 Å². The molecule has 4 rings (SSSR count). The first-order valence-electron chi connectivity index (χ1n) is 9.17. The second kappa shape index (κ2) is 8.55. The molecule has 0 amide bonds. The Balaban J connectivity index is 1.55. The molecule has 0 N–H and O–H groups in total. The molecular formula is C24H17BrO5. The van der Waals surface area contributed by atoms with Crippen molar-refractivity contribution in [1.82, 2.24) is 0 Å². The van der Waals surface area contributed by atoms with Crippen molar-refractivity contribution in [2.24, 2.45) is 0 Å². The van der Waals surface area contributed by atoms with Crippen LogP contribution < -0.4 is 15.1 Å². The fraction of sp³-hybridized carbons (Fsp3) is 0.0833. The van der Waals surface area contributed by atoms with E-state index in [1.54, 1.807) is 67.8 Å². The number of carbonyl (C=O) groups excluding carboxylic acids is 1. The van der Waals surface area contributed by atoms with Gasteiger partial charge in [-0.15, -0.1) is 0 Å². The number of hydrogen-bond donors (Lipinski definition) is 0. The monoisotopic (exact) mass is 464 g/mol. The van der Waals surface area contributed by atoms with Crippen LogP contribution >= 0.6 is 15.9 Å². The van der Waals surface area contributed by atoms with E-state index in [0.29, 0.717) is 28.2 Å². The van der Waals surface area contributed by atoms with Crippen molar-refractivity contribution in [3.8, 4) is 22.6 Å². The maximum absolute atomic E-state index is 12.5. The highest BCUT2D eigenvalue weighted by Gasteiger charge is 2.11. The Bertz CT molecular complexity index is 1260. The molecule has 5 nitrogen and oxygen atoms in total. The summed E-state index contributed by atoms with van der Waals surface area (Å²) in [5.74, 6) is 1.02. The largest absolute Gasteiger partial charge is 0.497 e. The SMILES string of the molecule is COc1ccc(-c2cc3ccc(OCC(=O)c4ccc(Br)cc4)cc3oc2=O)cc1. The minimum absolute atomic E-state index is 0.110. The molecule has 0 saturated heterocycles. The van der Waals surface area contributed by atoms with Crippen LogP contribution in [0, 0.1) is 0 Å². The number of benzene rings is 3. The van der Waals surface area contributed by atoms with E-state index >= 15 is 0 Å². The number of halogens is 1. The Labute approximate surface area is 181 Å². The molecule has 0 aliphatic heterocycles. The molecule has 1 heterocycles. The predicted octanol–water partition coefficient (Wildman–Crippen LogP) is 5.49. The molecule has 30 heavy (non-hydrogen) atoms. The number of methoxy groups -OCH3 is 1. The van der Waals surface area contributed by atoms with Crippen molar-refractivity contribution in [1.29, 1.82) is 0 Å². The fourth-order valence-electron chi connectivity index (χ4n) is 3.02. The van der Waals surface area contributed by atoms with Gasteiger partial charge in [-0.3, -0.25) is 4.79 Å². The van der Waals surface area contributed by atoms with Crippen molar-refractivity contribution < 1.29 is 18.7 Å². The van der Waals surface area contributed by atoms with Gasteiger partial charge in [-0.25, -0.2) is 4.79 Å². The molecule has 1 aromatic heterocycles. The normalized spacial score (nSPS) is 10.7. The van der Waals surface area contributed by atoms with Gasteiger partial charge in [0.05, 0.1) is 12.7 Å². The Morgan fingerprint density at radius 2 is 1.63 bits per heavy atom. The van der Waals surface area contributed by atoms with Gasteiger partial charge in [0.25, 0.3) is 0 Å². The molecule has 0 unspecified atom stereocenters. The number of carbonyl (C=O) groups is 1. The first kappa shape index (κ1) is 19.9. The third-order valence-corrected chi connectivity index (χ3v) is 5.17. The van der Waals surface area contributed by atoms with Gasteiger partial charge in [0, 0.05) is 21.5 Å². The molecule has 6 heteroatoms. The van der Waals surface area contributed by atoms with Crippen LogP contribution in [0.25, 0.3) is 22.1 Å². The highest BCUT2D eigenvalue weighted by Crippen LogP contribution is 2.26. The van der Waals surface area contributed by atoms with E-state index in [1.807, 2.05) is 12.1 Å². The summed E-state index contributed by atoms with van der Waals surface area (Å²) in [6.07, 6.45) is 0. The molecule has 4 aromatic rings. The lowest BCUT2D eigenvalue weighted by molar-refractivity contribution is 0.0921. The summed E-state index contributed by atoms with van der Waals surface area (Å²) in [5, 5.41) is 0.756. The van der Waals surface area contributed by atoms with E-state index in [2.05, 4.69) is 15.9 Å². The van der Waals surface area contributed by atoms with Crippen LogP contribution in [0.3, 0.4) is 0 Å². The zero-order valence-corrected chi connectivity index (χ0v) is 17.6. The van der Waals surface area contributed by atoms with Crippen molar-refractivity contribution in [3.05, 3.63) is 93.3 Å². The molecule has 150 valence electrons. The van der Waals surface area contributed by atoms with Crippen LogP contribution in [0.15, 0.2) is 86.5 Å². The van der Waals surface area contributed by atoms with Crippen molar-refractivity contribution in [2.45, 2.75) is 0 Å². The molecule has 3 aromatic carbocycles. The summed E-state index contributed by atoms with van der Waals surface area (Å²) in [6.45, 7) is -0.110. The fourth-order valence-corrected chi connectivity index (χ4v) is 3.29. The third-order valence-electron chi connectivity index (χ3n) is 4.64. The molecule has 0 fully saturated rings. The third kappa shape index (κ3) is 4.28. The summed E-state index contributed by atoms with van der Waals surface area (Å²) in [7, 11) is 1.59. The molecule has 0 atom stereocenters. The lowest BCUT2D eigenvalue weighted by atomic mass is 10.1. The lowest BCUT2D eigenvalue weighted by Crippen LogP contribution is -2.11. The maximum atomic E-state index is 12.5. The maximum Gasteiger partial charge on any atom is 0.344 e. The van der Waals surface area contributed by atoms with Crippen LogP contribution in [-0.2, 0) is 0 Å². The highest BCUT2D eigenvalue weighted by molar-refractivity contribution is 9.10. The Morgan fingerprint density at radius 3 is 2.33 bits per heavy atom. The summed E-state index contributed by atoms with van der Waals surface area (Å²) < 4.78 is 17.1. The standard InChI is InChI=1S/C24H17BrO5/c1-28-19-9-4-15(5-10-19)21-12-17-6-11-20(13-23(17)30-24(21)27)29-14-22(26)16-2-7-18(25)8-3-16/h2-13H,14H2,1H3. The second-order valence-electron chi connectivity index (χ2n) is 6.59. The quantitative estimate of drug-likeness (QED) is 0.278. The zero-order valence-electron chi connectivity index (χ0n) is 16.1. The number of hydrogen-bond acceptors (Lipinski definition) is 5. The molecule has 0 radical (unpaired) electrons. The van der Waals surface area contributed by atoms with Gasteiger partial charge < -0.3 is 13.9 Å². The average molecular weight is 465 g/mol. The Hall–Kier alpha value is -3.38. The van der Waals surface area contributed by atoms with E-state index in [-0.39, 0.29) is 12.4 Å². The number of rotatable bonds is 6. The molecule has 0 bridgehead atoms. The van der Waals surface area contributed by atoms with Crippen molar-refractivity contribution >= 4 is 32.7 Å². The Morgan fingerprint density at radius 1 is 0.933 bits per heavy atom. The lowest BCUT2D eigenvalue weighted by Gasteiger charge is -2.08. The van der Waals surface area contributed by atoms with Crippen LogP contribution in [0.5, 0.6) is 11.5 Å². The predicted molar refractivity (Wildman–Crippen MR) is 118 cm³/mol. The van der Waals surface area contributed by atoms with Gasteiger partial charge in [-0.05, 0) is 48.0 Å². The summed E-state index contributed by atoms with van der Waals surface area (Å²) >= 11 is 3.34. The summed E-state index contributed by atoms with van der Waals surface area (Å²) in [5.41, 5.74) is 1.72. The van der Waals surface area contributed by atoms with Gasteiger partial charge in [-0.1, -0.05) is 40.2 Å². The van der Waals surface area contributed by atoms with Crippen LogP contribution in [0.2, 0.25) is 0 Å². The van der Waals surface area contributed by atoms with E-state index in [0.717, 1.165) is 15.4 Å². The van der Waals surface area contributed by atoms with Gasteiger partial charge in [0.15, 0.2) is 12.4 Å². The van der Waals surface area contributed by atoms with Crippen LogP contribution in [-0.4, -0.2) is 19.5 Å². The van der Waals surface area contributed by atoms with Gasteiger partial charge in [0.2, 0.25) is 0 Å². The Kier molecular flexibility index (Phi) is 5.68. The minimum atomic E-state index is -0.448. The van der Waals surface area contributed by atoms with Gasteiger partial charge in [0.1, 0.15) is 17.1 Å². The van der Waals surface area contributed by atoms with Gasteiger partial charge >= 0.3 is 5.63 Å². The molecule has 0 spiro atoms. The number of Topliss-reactive ketones (excluding diaryl/α,β-unsaturated/α-hetero) is 1. The first-order valence-corrected chi connectivity index (χ1v) is 9.97. The number of ketones is 1. The van der Waals surface area contributed by atoms with Crippen LogP contribution in [0.4, 0.5) is 0 Å². The van der Waals surface area contributed by atoms with E-state index < -0.39 is 5.63 Å². The first-order chi connectivity index (χ1) is 14.5. The smallest absolute Gasteiger partial charge is 0.344 e. The summed E-state index contributed by atoms with van der Waals surface area (Å²) in [4.78, 5) is 24.8. The minimum Gasteiger partial charge on any atom is -0.497 e. The van der Waals surface area contributed by atoms with Crippen molar-refractivity contribution in [2.75, 3.05) is 13.7 Å². The molecular weight excluding hydrogens is 448 g/mol. The molecule has 0 saturated carbocycles. The number of fused-ring (bicyclic) bond motifs is 1. The van der Waals surface area contributed by atoms with E-state index in [9.17, 15) is 9.59 Å². The average Bonchev–Trinajstić information content (AvgIpc) is 2.77. The second-order valence-corrected chi connectivity index (χ2v) is 7.51. The summed E-state index contributed by atoms with van der Waals surface area (Å²) in [6, 6.07) is 21.2. The zero-order chi connectivity index (χ0) is 21.1. The topological polar surface area (TPSA) is 65.7 Å². The molecule has 0 aliphatic rings.